The van der Waals surface area contributed by atoms with Crippen LogP contribution in [0.1, 0.15) is 12.5 Å². The zero-order chi connectivity index (χ0) is 16.2. The lowest BCUT2D eigenvalue weighted by atomic mass is 10.2. The number of nitrogens with zero attached hydrogens (tertiary/aromatic N) is 1. The number of rotatable bonds is 3. The van der Waals surface area contributed by atoms with Crippen molar-refractivity contribution >= 4 is 28.6 Å². The molecule has 0 aliphatic carbocycles. The average Bonchev–Trinajstić information content (AvgIpc) is 2.96. The number of ether oxygens (including phenoxy) is 1. The van der Waals surface area contributed by atoms with Gasteiger partial charge in [0.25, 0.3) is 0 Å². The molecule has 3 rings (SSSR count). The lowest BCUT2D eigenvalue weighted by molar-refractivity contribution is -0.114. The highest BCUT2D eigenvalue weighted by Crippen LogP contribution is 2.21. The fraction of sp³-hybridized carbons (Fsp3) is 0.111. The molecule has 0 aliphatic rings. The number of carbonyl (C=O) groups is 2. The Hall–Kier alpha value is -3.08. The number of aromatic nitrogens is 1. The second-order valence-corrected chi connectivity index (χ2v) is 5.18. The Kier molecular flexibility index (Phi) is 4.10. The number of amides is 1. The van der Waals surface area contributed by atoms with E-state index in [0.717, 1.165) is 10.9 Å². The number of hydrogen-bond acceptors (Lipinski definition) is 3. The summed E-state index contributed by atoms with van der Waals surface area (Å²) in [6.45, 7) is 1.65. The molecular formula is C18H16N2O3. The van der Waals surface area contributed by atoms with Crippen LogP contribution in [0.3, 0.4) is 0 Å². The van der Waals surface area contributed by atoms with Crippen LogP contribution in [0.4, 0.5) is 10.5 Å². The van der Waals surface area contributed by atoms with Crippen molar-refractivity contribution in [2.45, 2.75) is 13.5 Å². The van der Waals surface area contributed by atoms with Crippen LogP contribution in [0.25, 0.3) is 10.9 Å². The van der Waals surface area contributed by atoms with Crippen molar-refractivity contribution in [3.05, 3.63) is 66.4 Å². The topological polar surface area (TPSA) is 60.3 Å². The standard InChI is InChI=1S/C18H16N2O3/c1-13(21)19-16-8-7-15-9-10-20(17(15)11-16)18(22)23-12-14-5-3-2-4-6-14/h2-11H,12H2,1H3,(H,19,21). The minimum Gasteiger partial charge on any atom is -0.444 e. The normalized spacial score (nSPS) is 10.5. The molecule has 0 unspecified atom stereocenters. The van der Waals surface area contributed by atoms with Crippen LogP contribution in [0.5, 0.6) is 0 Å². The van der Waals surface area contributed by atoms with Gasteiger partial charge in [-0.3, -0.25) is 9.36 Å². The number of anilines is 1. The molecule has 0 aliphatic heterocycles. The molecule has 0 saturated carbocycles. The van der Waals surface area contributed by atoms with Gasteiger partial charge in [-0.1, -0.05) is 36.4 Å². The van der Waals surface area contributed by atoms with Crippen LogP contribution >= 0.6 is 0 Å². The van der Waals surface area contributed by atoms with Gasteiger partial charge in [0.05, 0.1) is 5.52 Å². The molecular weight excluding hydrogens is 292 g/mol. The van der Waals surface area contributed by atoms with E-state index < -0.39 is 6.09 Å². The molecule has 1 N–H and O–H groups in total. The summed E-state index contributed by atoms with van der Waals surface area (Å²) in [7, 11) is 0. The van der Waals surface area contributed by atoms with Crippen LogP contribution in [0, 0.1) is 0 Å². The Morgan fingerprint density at radius 2 is 1.87 bits per heavy atom. The van der Waals surface area contributed by atoms with E-state index in [1.165, 1.54) is 11.5 Å². The first-order chi connectivity index (χ1) is 11.1. The van der Waals surface area contributed by atoms with Crippen molar-refractivity contribution < 1.29 is 14.3 Å². The third kappa shape index (κ3) is 3.40. The molecule has 3 aromatic rings. The van der Waals surface area contributed by atoms with E-state index in [1.54, 1.807) is 18.3 Å². The zero-order valence-electron chi connectivity index (χ0n) is 12.7. The first-order valence-electron chi connectivity index (χ1n) is 7.23. The van der Waals surface area contributed by atoms with Crippen LogP contribution in [-0.4, -0.2) is 16.6 Å². The van der Waals surface area contributed by atoms with Crippen LogP contribution in [0.15, 0.2) is 60.8 Å². The van der Waals surface area contributed by atoms with Crippen molar-refractivity contribution in [2.75, 3.05) is 5.32 Å². The van der Waals surface area contributed by atoms with Gasteiger partial charge < -0.3 is 10.1 Å². The Morgan fingerprint density at radius 3 is 2.61 bits per heavy atom. The maximum Gasteiger partial charge on any atom is 0.418 e. The van der Waals surface area contributed by atoms with Gasteiger partial charge in [-0.25, -0.2) is 4.79 Å². The number of fused-ring (bicyclic) bond motifs is 1. The van der Waals surface area contributed by atoms with E-state index in [1.807, 2.05) is 42.5 Å². The SMILES string of the molecule is CC(=O)Nc1ccc2ccn(C(=O)OCc3ccccc3)c2c1. The summed E-state index contributed by atoms with van der Waals surface area (Å²) in [6, 6.07) is 16.7. The molecule has 0 atom stereocenters. The number of nitrogens with one attached hydrogen (secondary N) is 1. The zero-order valence-corrected chi connectivity index (χ0v) is 12.7. The van der Waals surface area contributed by atoms with Crippen molar-refractivity contribution in [3.63, 3.8) is 0 Å². The highest BCUT2D eigenvalue weighted by molar-refractivity contribution is 5.95. The molecule has 0 bridgehead atoms. The minimum absolute atomic E-state index is 0.158. The quantitative estimate of drug-likeness (QED) is 0.801. The second-order valence-electron chi connectivity index (χ2n) is 5.18. The van der Waals surface area contributed by atoms with Crippen molar-refractivity contribution in [3.8, 4) is 0 Å². The molecule has 23 heavy (non-hydrogen) atoms. The fourth-order valence-corrected chi connectivity index (χ4v) is 2.36. The highest BCUT2D eigenvalue weighted by atomic mass is 16.5. The van der Waals surface area contributed by atoms with Crippen LogP contribution in [0.2, 0.25) is 0 Å². The van der Waals surface area contributed by atoms with Crippen molar-refractivity contribution in [1.82, 2.24) is 4.57 Å². The molecule has 1 amide bonds. The third-order valence-corrected chi connectivity index (χ3v) is 3.42. The fourth-order valence-electron chi connectivity index (χ4n) is 2.36. The van der Waals surface area contributed by atoms with Crippen molar-refractivity contribution in [2.24, 2.45) is 0 Å². The molecule has 1 heterocycles. The van der Waals surface area contributed by atoms with Gasteiger partial charge in [-0.05, 0) is 23.8 Å². The van der Waals surface area contributed by atoms with Gasteiger partial charge in [0, 0.05) is 24.2 Å². The van der Waals surface area contributed by atoms with E-state index in [2.05, 4.69) is 5.32 Å². The predicted octanol–water partition coefficient (Wildman–Crippen LogP) is 3.78. The number of hydrogen-bond donors (Lipinski definition) is 1. The molecule has 5 heteroatoms. The second kappa shape index (κ2) is 6.36. The summed E-state index contributed by atoms with van der Waals surface area (Å²) < 4.78 is 6.77. The smallest absolute Gasteiger partial charge is 0.418 e. The Balaban J connectivity index is 1.81. The van der Waals surface area contributed by atoms with E-state index in [9.17, 15) is 9.59 Å². The molecule has 0 saturated heterocycles. The Labute approximate surface area is 133 Å². The largest absolute Gasteiger partial charge is 0.444 e. The highest BCUT2D eigenvalue weighted by Gasteiger charge is 2.11. The molecule has 0 spiro atoms. The molecule has 2 aromatic carbocycles. The first kappa shape index (κ1) is 14.8. The average molecular weight is 308 g/mol. The third-order valence-electron chi connectivity index (χ3n) is 3.42. The van der Waals surface area contributed by atoms with E-state index in [4.69, 9.17) is 4.74 Å². The first-order valence-corrected chi connectivity index (χ1v) is 7.23. The molecule has 1 aromatic heterocycles. The van der Waals surface area contributed by atoms with Crippen LogP contribution < -0.4 is 5.32 Å². The van der Waals surface area contributed by atoms with E-state index in [0.29, 0.717) is 11.2 Å². The van der Waals surface area contributed by atoms with E-state index >= 15 is 0 Å². The van der Waals surface area contributed by atoms with Crippen molar-refractivity contribution in [1.29, 1.82) is 0 Å². The molecule has 0 radical (unpaired) electrons. The summed E-state index contributed by atoms with van der Waals surface area (Å²) in [5.41, 5.74) is 2.26. The summed E-state index contributed by atoms with van der Waals surface area (Å²) in [6.07, 6.45) is 1.21. The monoisotopic (exact) mass is 308 g/mol. The maximum atomic E-state index is 12.3. The van der Waals surface area contributed by atoms with Gasteiger partial charge in [-0.2, -0.15) is 0 Å². The Morgan fingerprint density at radius 1 is 1.09 bits per heavy atom. The minimum atomic E-state index is -0.455. The van der Waals surface area contributed by atoms with E-state index in [-0.39, 0.29) is 12.5 Å². The van der Waals surface area contributed by atoms with Gasteiger partial charge in [0.15, 0.2) is 0 Å². The summed E-state index contributed by atoms with van der Waals surface area (Å²) in [4.78, 5) is 23.4. The summed E-state index contributed by atoms with van der Waals surface area (Å²) >= 11 is 0. The molecule has 5 nitrogen and oxygen atoms in total. The maximum absolute atomic E-state index is 12.3. The summed E-state index contributed by atoms with van der Waals surface area (Å²) in [5.74, 6) is -0.158. The van der Waals surface area contributed by atoms with Gasteiger partial charge in [0.1, 0.15) is 6.61 Å². The lowest BCUT2D eigenvalue weighted by Crippen LogP contribution is -2.12. The number of benzene rings is 2. The predicted molar refractivity (Wildman–Crippen MR) is 88.3 cm³/mol. The number of carbonyl (C=O) groups excluding carboxylic acids is 2. The molecule has 0 fully saturated rings. The summed E-state index contributed by atoms with van der Waals surface area (Å²) in [5, 5.41) is 3.61. The van der Waals surface area contributed by atoms with Crippen LogP contribution in [-0.2, 0) is 16.1 Å². The van der Waals surface area contributed by atoms with Gasteiger partial charge >= 0.3 is 6.09 Å². The van der Waals surface area contributed by atoms with Gasteiger partial charge in [-0.15, -0.1) is 0 Å². The Bertz CT molecular complexity index is 853. The van der Waals surface area contributed by atoms with Gasteiger partial charge in [0.2, 0.25) is 5.91 Å². The lowest BCUT2D eigenvalue weighted by Gasteiger charge is -2.08. The molecule has 116 valence electrons.